The van der Waals surface area contributed by atoms with Crippen LogP contribution < -0.4 is 0 Å². The van der Waals surface area contributed by atoms with Crippen molar-refractivity contribution < 1.29 is 23.1 Å². The van der Waals surface area contributed by atoms with Crippen LogP contribution in [-0.2, 0) is 21.4 Å². The van der Waals surface area contributed by atoms with Gasteiger partial charge in [-0.05, 0) is 30.2 Å². The summed E-state index contributed by atoms with van der Waals surface area (Å²) in [4.78, 5) is 30.9. The third-order valence-corrected chi connectivity index (χ3v) is 7.99. The van der Waals surface area contributed by atoms with Crippen LogP contribution in [0.3, 0.4) is 0 Å². The summed E-state index contributed by atoms with van der Waals surface area (Å²) in [6, 6.07) is 11.9. The Kier molecular flexibility index (Phi) is 8.31. The zero-order valence-corrected chi connectivity index (χ0v) is 21.3. The summed E-state index contributed by atoms with van der Waals surface area (Å²) >= 11 is 6.05. The highest BCUT2D eigenvalue weighted by molar-refractivity contribution is 7.89. The second-order valence-corrected chi connectivity index (χ2v) is 10.5. The summed E-state index contributed by atoms with van der Waals surface area (Å²) in [7, 11) is -0.674. The minimum Gasteiger partial charge on any atom is -0.465 e. The Hall–Kier alpha value is -3.21. The fourth-order valence-corrected chi connectivity index (χ4v) is 5.15. The molecule has 0 spiro atoms. The highest BCUT2D eigenvalue weighted by Crippen LogP contribution is 2.25. The second-order valence-electron chi connectivity index (χ2n) is 8.08. The van der Waals surface area contributed by atoms with E-state index in [9.17, 15) is 23.1 Å². The topological polar surface area (TPSA) is 111 Å². The molecule has 0 atom stereocenters. The van der Waals surface area contributed by atoms with E-state index in [4.69, 9.17) is 11.6 Å². The first-order chi connectivity index (χ1) is 16.5. The van der Waals surface area contributed by atoms with Crippen LogP contribution in [0.2, 0.25) is 5.02 Å². The molecule has 186 valence electrons. The summed E-state index contributed by atoms with van der Waals surface area (Å²) < 4.78 is 26.8. The third-order valence-electron chi connectivity index (χ3n) is 5.61. The summed E-state index contributed by atoms with van der Waals surface area (Å²) in [5.74, 6) is 0.138. The average Bonchev–Trinajstić information content (AvgIpc) is 3.31. The Balaban J connectivity index is 1.58. The fraction of sp³-hybridized carbons (Fsp3) is 0.292. The molecule has 0 saturated heterocycles. The molecule has 2 aromatic carbocycles. The number of amidine groups is 1. The predicted octanol–water partition coefficient (Wildman–Crippen LogP) is 3.22. The molecule has 9 nitrogen and oxygen atoms in total. The van der Waals surface area contributed by atoms with Crippen molar-refractivity contribution in [3.63, 3.8) is 0 Å². The van der Waals surface area contributed by atoms with Gasteiger partial charge in [0.15, 0.2) is 0 Å². The van der Waals surface area contributed by atoms with Crippen LogP contribution in [-0.4, -0.2) is 79.2 Å². The third kappa shape index (κ3) is 6.08. The average molecular weight is 519 g/mol. The molecule has 11 heteroatoms. The molecule has 3 rings (SSSR count). The molecule has 1 aliphatic heterocycles. The van der Waals surface area contributed by atoms with E-state index in [0.29, 0.717) is 41.6 Å². The van der Waals surface area contributed by atoms with Crippen LogP contribution in [0.1, 0.15) is 16.7 Å². The van der Waals surface area contributed by atoms with E-state index in [2.05, 4.69) is 4.99 Å². The lowest BCUT2D eigenvalue weighted by atomic mass is 10.1. The number of rotatable bonds is 8. The number of carboxylic acid groups (broad SMARTS) is 1. The van der Waals surface area contributed by atoms with Gasteiger partial charge in [0.1, 0.15) is 5.84 Å². The van der Waals surface area contributed by atoms with E-state index in [1.165, 1.54) is 35.1 Å². The maximum absolute atomic E-state index is 12.8. The first kappa shape index (κ1) is 26.4. The van der Waals surface area contributed by atoms with E-state index in [1.807, 2.05) is 12.1 Å². The van der Waals surface area contributed by atoms with Gasteiger partial charge in [0.2, 0.25) is 15.9 Å². The van der Waals surface area contributed by atoms with Crippen molar-refractivity contribution in [1.82, 2.24) is 14.1 Å². The van der Waals surface area contributed by atoms with Crippen molar-refractivity contribution in [2.75, 3.05) is 33.7 Å². The Bertz CT molecular complexity index is 1280. The molecule has 1 heterocycles. The number of carbonyl (C=O) groups is 2. The molecule has 0 aromatic heterocycles. The molecular formula is C24H27ClN4O5S. The van der Waals surface area contributed by atoms with Gasteiger partial charge in [-0.2, -0.15) is 4.31 Å². The number of carbonyl (C=O) groups excluding carboxylic acids is 1. The number of amides is 2. The molecule has 0 unspecified atom stereocenters. The van der Waals surface area contributed by atoms with E-state index >= 15 is 0 Å². The van der Waals surface area contributed by atoms with E-state index < -0.39 is 16.1 Å². The summed E-state index contributed by atoms with van der Waals surface area (Å²) in [5.41, 5.74) is 2.03. The van der Waals surface area contributed by atoms with Crippen LogP contribution in [0.25, 0.3) is 0 Å². The van der Waals surface area contributed by atoms with Crippen molar-refractivity contribution in [3.8, 4) is 0 Å². The molecule has 0 aliphatic carbocycles. The first-order valence-electron chi connectivity index (χ1n) is 10.8. The zero-order valence-electron chi connectivity index (χ0n) is 19.7. The quantitative estimate of drug-likeness (QED) is 0.539. The summed E-state index contributed by atoms with van der Waals surface area (Å²) in [5, 5.41) is 9.63. The monoisotopic (exact) mass is 518 g/mol. The van der Waals surface area contributed by atoms with Crippen LogP contribution in [0.15, 0.2) is 64.5 Å². The molecule has 0 fully saturated rings. The molecule has 1 N–H and O–H groups in total. The zero-order chi connectivity index (χ0) is 25.8. The smallest absolute Gasteiger partial charge is 0.413 e. The lowest BCUT2D eigenvalue weighted by Gasteiger charge is -2.18. The van der Waals surface area contributed by atoms with Crippen LogP contribution in [0, 0.1) is 6.92 Å². The van der Waals surface area contributed by atoms with Crippen molar-refractivity contribution in [2.45, 2.75) is 18.4 Å². The number of likely N-dealkylation sites (N-methyl/N-ethyl adjacent to an activating group) is 2. The minimum absolute atomic E-state index is 0.0186. The largest absolute Gasteiger partial charge is 0.465 e. The van der Waals surface area contributed by atoms with E-state index in [0.717, 1.165) is 9.87 Å². The van der Waals surface area contributed by atoms with Crippen LogP contribution in [0.5, 0.6) is 0 Å². The summed E-state index contributed by atoms with van der Waals surface area (Å²) in [6.07, 6.45) is 1.80. The van der Waals surface area contributed by atoms with Gasteiger partial charge in [0.25, 0.3) is 0 Å². The maximum Gasteiger partial charge on any atom is 0.413 e. The van der Waals surface area contributed by atoms with Crippen molar-refractivity contribution >= 4 is 39.5 Å². The minimum atomic E-state index is -3.76. The van der Waals surface area contributed by atoms with Crippen LogP contribution in [0.4, 0.5) is 4.79 Å². The van der Waals surface area contributed by atoms with Gasteiger partial charge in [-0.1, -0.05) is 48.0 Å². The number of sulfonamides is 1. The highest BCUT2D eigenvalue weighted by atomic mass is 35.5. The molecule has 2 amide bonds. The normalized spacial score (nSPS) is 14.0. The predicted molar refractivity (Wildman–Crippen MR) is 134 cm³/mol. The van der Waals surface area contributed by atoms with Crippen molar-refractivity contribution in [1.29, 1.82) is 0 Å². The van der Waals surface area contributed by atoms with Gasteiger partial charge in [0.05, 0.1) is 18.0 Å². The highest BCUT2D eigenvalue weighted by Gasteiger charge is 2.24. The van der Waals surface area contributed by atoms with Gasteiger partial charge in [-0.15, -0.1) is 0 Å². The Labute approximate surface area is 210 Å². The molecule has 2 aromatic rings. The van der Waals surface area contributed by atoms with Gasteiger partial charge in [0, 0.05) is 43.8 Å². The van der Waals surface area contributed by atoms with Gasteiger partial charge < -0.3 is 10.0 Å². The second kappa shape index (κ2) is 11.0. The number of benzene rings is 2. The molecule has 0 saturated carbocycles. The number of nitrogens with zero attached hydrogens (tertiary/aromatic N) is 4. The molecule has 1 aliphatic rings. The van der Waals surface area contributed by atoms with Crippen LogP contribution >= 0.6 is 11.6 Å². The van der Waals surface area contributed by atoms with Gasteiger partial charge >= 0.3 is 6.09 Å². The standard InChI is InChI=1S/C24H27ClN4O5S/c1-17-20(25)6-4-7-21(17)35(33,34)28(3)14-5-8-22(30)27(2)16-18-9-11-19(12-10-18)23-26-13-15-29(23)24(31)32/h4-12H,13-16H2,1-3H3,(H,31,32)/b8-5+. The van der Waals surface area contributed by atoms with E-state index in [-0.39, 0.29) is 17.3 Å². The van der Waals surface area contributed by atoms with Crippen molar-refractivity contribution in [2.24, 2.45) is 4.99 Å². The first-order valence-corrected chi connectivity index (χ1v) is 12.6. The number of aliphatic imine (C=N–C) groups is 1. The number of hydrogen-bond acceptors (Lipinski definition) is 5. The Morgan fingerprint density at radius 1 is 1.17 bits per heavy atom. The number of hydrogen-bond donors (Lipinski definition) is 1. The molecule has 0 radical (unpaired) electrons. The molecular weight excluding hydrogens is 492 g/mol. The van der Waals surface area contributed by atoms with Gasteiger partial charge in [-0.3, -0.25) is 14.7 Å². The SMILES string of the molecule is Cc1c(Cl)cccc1S(=O)(=O)N(C)C/C=C/C(=O)N(C)Cc1ccc(C2=NCCN2C(=O)O)cc1. The maximum atomic E-state index is 12.8. The Morgan fingerprint density at radius 2 is 1.86 bits per heavy atom. The Morgan fingerprint density at radius 3 is 2.51 bits per heavy atom. The number of halogens is 1. The van der Waals surface area contributed by atoms with Gasteiger partial charge in [-0.25, -0.2) is 13.2 Å². The van der Waals surface area contributed by atoms with E-state index in [1.54, 1.807) is 38.2 Å². The summed E-state index contributed by atoms with van der Waals surface area (Å²) in [6.45, 7) is 2.76. The lowest BCUT2D eigenvalue weighted by molar-refractivity contribution is -0.125. The van der Waals surface area contributed by atoms with Crippen molar-refractivity contribution in [3.05, 3.63) is 76.3 Å². The molecule has 35 heavy (non-hydrogen) atoms. The lowest BCUT2D eigenvalue weighted by Crippen LogP contribution is -2.33. The molecule has 0 bridgehead atoms. The fourth-order valence-electron chi connectivity index (χ4n) is 3.55.